The number of nitrogens with zero attached hydrogens (tertiary/aromatic N) is 1. The average Bonchev–Trinajstić information content (AvgIpc) is 2.72. The highest BCUT2D eigenvalue weighted by Crippen LogP contribution is 2.38. The number of ether oxygens (including phenoxy) is 1. The Bertz CT molecular complexity index is 959. The standard InChI is InChI=1S/C25H27NO4/c1-4-20(26-29-17-18-11-7-5-8-12-18)23-21(27)15-25(2,3)16-22(23)30-24(28)19-13-9-6-10-14-19/h5-14H,4,15-17H2,1-3H3/b26-20-. The highest BCUT2D eigenvalue weighted by atomic mass is 16.6. The number of rotatable bonds is 7. The number of esters is 1. The Morgan fingerprint density at radius 2 is 1.63 bits per heavy atom. The van der Waals surface area contributed by atoms with Gasteiger partial charge in [0.2, 0.25) is 0 Å². The second kappa shape index (κ2) is 9.53. The summed E-state index contributed by atoms with van der Waals surface area (Å²) in [6.45, 7) is 6.19. The van der Waals surface area contributed by atoms with Crippen molar-refractivity contribution in [1.29, 1.82) is 0 Å². The van der Waals surface area contributed by atoms with Crippen LogP contribution in [0.1, 0.15) is 56.0 Å². The Balaban J connectivity index is 1.88. The lowest BCUT2D eigenvalue weighted by Crippen LogP contribution is -2.31. The first-order chi connectivity index (χ1) is 14.4. The van der Waals surface area contributed by atoms with E-state index in [1.807, 2.05) is 57.2 Å². The van der Waals surface area contributed by atoms with Gasteiger partial charge in [0.15, 0.2) is 5.78 Å². The fourth-order valence-electron chi connectivity index (χ4n) is 3.46. The van der Waals surface area contributed by atoms with E-state index in [0.717, 1.165) is 5.56 Å². The van der Waals surface area contributed by atoms with Crippen molar-refractivity contribution in [2.24, 2.45) is 10.6 Å². The summed E-state index contributed by atoms with van der Waals surface area (Å²) >= 11 is 0. The van der Waals surface area contributed by atoms with Crippen molar-refractivity contribution < 1.29 is 19.2 Å². The van der Waals surface area contributed by atoms with E-state index in [2.05, 4.69) is 5.16 Å². The number of ketones is 1. The molecule has 5 heteroatoms. The molecule has 0 radical (unpaired) electrons. The SMILES string of the molecule is CC/C(=N/OCc1ccccc1)C1=C(OC(=O)c2ccccc2)CC(C)(C)CC1=O. The summed E-state index contributed by atoms with van der Waals surface area (Å²) in [5.41, 5.74) is 2.00. The van der Waals surface area contributed by atoms with Crippen LogP contribution in [0.4, 0.5) is 0 Å². The van der Waals surface area contributed by atoms with Crippen LogP contribution in [0, 0.1) is 5.41 Å². The van der Waals surface area contributed by atoms with E-state index in [0.29, 0.717) is 48.5 Å². The fourth-order valence-corrected chi connectivity index (χ4v) is 3.46. The van der Waals surface area contributed by atoms with Crippen molar-refractivity contribution in [3.05, 3.63) is 83.1 Å². The molecule has 5 nitrogen and oxygen atoms in total. The van der Waals surface area contributed by atoms with Crippen molar-refractivity contribution in [3.8, 4) is 0 Å². The molecule has 0 bridgehead atoms. The van der Waals surface area contributed by atoms with Crippen LogP contribution in [0.2, 0.25) is 0 Å². The molecule has 0 unspecified atom stereocenters. The van der Waals surface area contributed by atoms with E-state index in [1.165, 1.54) is 0 Å². The molecule has 0 N–H and O–H groups in total. The first-order valence-corrected chi connectivity index (χ1v) is 10.2. The summed E-state index contributed by atoms with van der Waals surface area (Å²) in [6.07, 6.45) is 1.33. The molecule has 1 aliphatic carbocycles. The average molecular weight is 405 g/mol. The first-order valence-electron chi connectivity index (χ1n) is 10.2. The van der Waals surface area contributed by atoms with Gasteiger partial charge in [0, 0.05) is 12.8 Å². The number of benzene rings is 2. The number of carbonyl (C=O) groups excluding carboxylic acids is 2. The fraction of sp³-hybridized carbons (Fsp3) is 0.320. The Morgan fingerprint density at radius 3 is 2.27 bits per heavy atom. The van der Waals surface area contributed by atoms with Gasteiger partial charge in [-0.25, -0.2) is 4.79 Å². The lowest BCUT2D eigenvalue weighted by molar-refractivity contribution is -0.118. The third-order valence-corrected chi connectivity index (χ3v) is 4.93. The van der Waals surface area contributed by atoms with Gasteiger partial charge in [-0.3, -0.25) is 4.79 Å². The molecule has 1 aliphatic rings. The maximum Gasteiger partial charge on any atom is 0.343 e. The van der Waals surface area contributed by atoms with E-state index in [9.17, 15) is 9.59 Å². The molecule has 0 atom stereocenters. The van der Waals surface area contributed by atoms with Gasteiger partial charge >= 0.3 is 5.97 Å². The molecule has 0 fully saturated rings. The van der Waals surface area contributed by atoms with Gasteiger partial charge < -0.3 is 9.57 Å². The Labute approximate surface area is 177 Å². The van der Waals surface area contributed by atoms with Gasteiger partial charge in [-0.15, -0.1) is 0 Å². The van der Waals surface area contributed by atoms with E-state index in [1.54, 1.807) is 24.3 Å². The second-order valence-electron chi connectivity index (χ2n) is 8.15. The zero-order valence-corrected chi connectivity index (χ0v) is 17.7. The monoisotopic (exact) mass is 405 g/mol. The number of allylic oxidation sites excluding steroid dienone is 2. The summed E-state index contributed by atoms with van der Waals surface area (Å²) in [6, 6.07) is 18.5. The maximum atomic E-state index is 13.0. The predicted octanol–water partition coefficient (Wildman–Crippen LogP) is 5.47. The van der Waals surface area contributed by atoms with Crippen molar-refractivity contribution in [2.75, 3.05) is 0 Å². The van der Waals surface area contributed by atoms with Crippen LogP contribution >= 0.6 is 0 Å². The molecule has 0 spiro atoms. The number of Topliss-reactive ketones (excluding diaryl/α,β-unsaturated/α-hetero) is 1. The number of carbonyl (C=O) groups is 2. The third-order valence-electron chi connectivity index (χ3n) is 4.93. The van der Waals surface area contributed by atoms with E-state index in [-0.39, 0.29) is 11.2 Å². The van der Waals surface area contributed by atoms with Crippen LogP contribution in [0.5, 0.6) is 0 Å². The van der Waals surface area contributed by atoms with Gasteiger partial charge in [-0.05, 0) is 29.5 Å². The highest BCUT2D eigenvalue weighted by Gasteiger charge is 2.37. The minimum Gasteiger partial charge on any atom is -0.427 e. The molecule has 0 aromatic heterocycles. The molecule has 0 heterocycles. The Morgan fingerprint density at radius 1 is 1.00 bits per heavy atom. The van der Waals surface area contributed by atoms with Crippen LogP contribution in [0.3, 0.4) is 0 Å². The van der Waals surface area contributed by atoms with Gasteiger partial charge in [-0.2, -0.15) is 0 Å². The Kier molecular flexibility index (Phi) is 6.83. The number of oxime groups is 1. The van der Waals surface area contributed by atoms with Crippen LogP contribution in [0.15, 0.2) is 77.2 Å². The summed E-state index contributed by atoms with van der Waals surface area (Å²) in [7, 11) is 0. The molecule has 30 heavy (non-hydrogen) atoms. The van der Waals surface area contributed by atoms with Crippen molar-refractivity contribution in [1.82, 2.24) is 0 Å². The van der Waals surface area contributed by atoms with Crippen LogP contribution in [-0.4, -0.2) is 17.5 Å². The predicted molar refractivity (Wildman–Crippen MR) is 116 cm³/mol. The summed E-state index contributed by atoms with van der Waals surface area (Å²) < 4.78 is 5.73. The van der Waals surface area contributed by atoms with Gasteiger partial charge in [0.1, 0.15) is 12.4 Å². The lowest BCUT2D eigenvalue weighted by Gasteiger charge is -2.31. The van der Waals surface area contributed by atoms with Gasteiger partial charge in [0.25, 0.3) is 0 Å². The molecule has 0 aliphatic heterocycles. The van der Waals surface area contributed by atoms with Gasteiger partial charge in [0.05, 0.1) is 16.8 Å². The maximum absolute atomic E-state index is 13.0. The van der Waals surface area contributed by atoms with E-state index < -0.39 is 5.97 Å². The zero-order chi connectivity index (χ0) is 21.6. The quantitative estimate of drug-likeness (QED) is 0.348. The van der Waals surface area contributed by atoms with Crippen molar-refractivity contribution in [3.63, 3.8) is 0 Å². The first kappa shape index (κ1) is 21.5. The molecule has 3 rings (SSSR count). The molecule has 0 saturated carbocycles. The van der Waals surface area contributed by atoms with Crippen LogP contribution in [0.25, 0.3) is 0 Å². The summed E-state index contributed by atoms with van der Waals surface area (Å²) in [5.74, 6) is -0.186. The highest BCUT2D eigenvalue weighted by molar-refractivity contribution is 6.23. The van der Waals surface area contributed by atoms with Crippen LogP contribution < -0.4 is 0 Å². The summed E-state index contributed by atoms with van der Waals surface area (Å²) in [5, 5.41) is 4.24. The van der Waals surface area contributed by atoms with Crippen LogP contribution in [-0.2, 0) is 21.0 Å². The lowest BCUT2D eigenvalue weighted by atomic mass is 9.75. The minimum atomic E-state index is -0.478. The summed E-state index contributed by atoms with van der Waals surface area (Å²) in [4.78, 5) is 31.2. The van der Waals surface area contributed by atoms with Crippen molar-refractivity contribution in [2.45, 2.75) is 46.6 Å². The van der Waals surface area contributed by atoms with Crippen molar-refractivity contribution >= 4 is 17.5 Å². The van der Waals surface area contributed by atoms with E-state index in [4.69, 9.17) is 9.57 Å². The molecular formula is C25H27NO4. The molecule has 2 aromatic rings. The van der Waals surface area contributed by atoms with E-state index >= 15 is 0 Å². The molecule has 156 valence electrons. The Hall–Kier alpha value is -3.21. The topological polar surface area (TPSA) is 65.0 Å². The third kappa shape index (κ3) is 5.44. The second-order valence-corrected chi connectivity index (χ2v) is 8.15. The molecule has 2 aromatic carbocycles. The molecular weight excluding hydrogens is 378 g/mol. The minimum absolute atomic E-state index is 0.0778. The normalized spacial score (nSPS) is 16.4. The van der Waals surface area contributed by atoms with Gasteiger partial charge in [-0.1, -0.05) is 74.5 Å². The zero-order valence-electron chi connectivity index (χ0n) is 17.7. The molecule has 0 saturated heterocycles. The smallest absolute Gasteiger partial charge is 0.343 e. The number of hydrogen-bond donors (Lipinski definition) is 0. The molecule has 0 amide bonds. The largest absolute Gasteiger partial charge is 0.427 e. The number of hydrogen-bond acceptors (Lipinski definition) is 5.